The maximum absolute atomic E-state index is 6.57. The Bertz CT molecular complexity index is 3060. The van der Waals surface area contributed by atoms with Gasteiger partial charge in [0.1, 0.15) is 11.2 Å². The van der Waals surface area contributed by atoms with E-state index in [0.29, 0.717) is 0 Å². The molecule has 0 unspecified atom stereocenters. The zero-order valence-corrected chi connectivity index (χ0v) is 28.4. The Hall–Kier alpha value is -5.94. The third-order valence-electron chi connectivity index (χ3n) is 10.0. The van der Waals surface area contributed by atoms with Crippen LogP contribution >= 0.6 is 22.7 Å². The van der Waals surface area contributed by atoms with Crippen LogP contribution in [0.3, 0.4) is 0 Å². The Balaban J connectivity index is 1.18. The summed E-state index contributed by atoms with van der Waals surface area (Å²) in [5, 5.41) is 9.87. The van der Waals surface area contributed by atoms with Gasteiger partial charge in [0.15, 0.2) is 0 Å². The van der Waals surface area contributed by atoms with Crippen LogP contribution < -0.4 is 4.90 Å². The number of hydrogen-bond acceptors (Lipinski definition) is 4. The van der Waals surface area contributed by atoms with Crippen molar-refractivity contribution < 1.29 is 4.42 Å². The number of nitrogens with zero attached hydrogens (tertiary/aromatic N) is 1. The quantitative estimate of drug-likeness (QED) is 0.185. The molecule has 11 rings (SSSR count). The fourth-order valence-electron chi connectivity index (χ4n) is 7.79. The van der Waals surface area contributed by atoms with E-state index < -0.39 is 0 Å². The zero-order valence-electron chi connectivity index (χ0n) is 26.8. The number of anilines is 3. The van der Waals surface area contributed by atoms with Gasteiger partial charge in [-0.15, -0.1) is 22.7 Å². The molecule has 0 aliphatic rings. The van der Waals surface area contributed by atoms with Crippen molar-refractivity contribution in [1.29, 1.82) is 0 Å². The fraction of sp³-hybridized carbons (Fsp3) is 0. The van der Waals surface area contributed by atoms with Crippen LogP contribution in [0.1, 0.15) is 0 Å². The average molecular weight is 674 g/mol. The molecule has 2 nitrogen and oxygen atoms in total. The Morgan fingerprint density at radius 3 is 1.84 bits per heavy atom. The van der Waals surface area contributed by atoms with Gasteiger partial charge in [-0.25, -0.2) is 0 Å². The molecule has 234 valence electrons. The molecular weight excluding hydrogens is 647 g/mol. The van der Waals surface area contributed by atoms with E-state index in [1.165, 1.54) is 73.3 Å². The summed E-state index contributed by atoms with van der Waals surface area (Å²) >= 11 is 3.76. The van der Waals surface area contributed by atoms with Crippen LogP contribution in [0.4, 0.5) is 17.1 Å². The molecule has 50 heavy (non-hydrogen) atoms. The molecule has 0 amide bonds. The van der Waals surface area contributed by atoms with Gasteiger partial charge in [0.25, 0.3) is 0 Å². The van der Waals surface area contributed by atoms with Crippen LogP contribution in [0.2, 0.25) is 0 Å². The van der Waals surface area contributed by atoms with Crippen molar-refractivity contribution in [3.8, 4) is 11.1 Å². The van der Waals surface area contributed by atoms with Gasteiger partial charge in [0, 0.05) is 78.8 Å². The maximum Gasteiger partial charge on any atom is 0.144 e. The number of hydrogen-bond donors (Lipinski definition) is 0. The third kappa shape index (κ3) is 4.07. The normalized spacial score (nSPS) is 12.0. The molecule has 3 aromatic heterocycles. The first-order chi connectivity index (χ1) is 24.8. The summed E-state index contributed by atoms with van der Waals surface area (Å²) < 4.78 is 11.7. The van der Waals surface area contributed by atoms with Crippen LogP contribution in [0.25, 0.3) is 84.2 Å². The Labute approximate surface area is 295 Å². The monoisotopic (exact) mass is 673 g/mol. The van der Waals surface area contributed by atoms with Crippen LogP contribution in [0.5, 0.6) is 0 Å². The number of furan rings is 1. The molecule has 0 aliphatic carbocycles. The molecule has 0 saturated carbocycles. The van der Waals surface area contributed by atoms with E-state index in [1.54, 1.807) is 0 Å². The lowest BCUT2D eigenvalue weighted by Gasteiger charge is -2.27. The summed E-state index contributed by atoms with van der Waals surface area (Å²) in [4.78, 5) is 2.39. The Kier molecular flexibility index (Phi) is 6.03. The highest BCUT2D eigenvalue weighted by Gasteiger charge is 2.22. The zero-order chi connectivity index (χ0) is 32.8. The highest BCUT2D eigenvalue weighted by molar-refractivity contribution is 7.27. The van der Waals surface area contributed by atoms with Crippen LogP contribution in [-0.4, -0.2) is 0 Å². The number of rotatable bonds is 4. The lowest BCUT2D eigenvalue weighted by atomic mass is 9.97. The standard InChI is InChI=1S/C46H27NOS2/c1-3-13-29(14-4-1)47(30-15-5-2-6-16-30)39-27-38-33-24-23-28(25-42(33)50-45(38)34-19-8-7-17-31(34)39)36-26-37-32-18-9-11-21-40(32)48-44(37)43-35-20-10-12-22-41(35)49-46(36)43/h1-27H. The molecule has 0 bridgehead atoms. The van der Waals surface area contributed by atoms with Gasteiger partial charge < -0.3 is 9.32 Å². The summed E-state index contributed by atoms with van der Waals surface area (Å²) in [6, 6.07) is 59.2. The van der Waals surface area contributed by atoms with E-state index in [1.807, 2.05) is 22.7 Å². The van der Waals surface area contributed by atoms with E-state index in [4.69, 9.17) is 4.42 Å². The van der Waals surface area contributed by atoms with E-state index in [2.05, 4.69) is 169 Å². The van der Waals surface area contributed by atoms with E-state index in [-0.39, 0.29) is 0 Å². The highest BCUT2D eigenvalue weighted by atomic mass is 32.1. The molecule has 0 atom stereocenters. The summed E-state index contributed by atoms with van der Waals surface area (Å²) in [6.45, 7) is 0. The smallest absolute Gasteiger partial charge is 0.144 e. The minimum absolute atomic E-state index is 0.930. The Morgan fingerprint density at radius 1 is 0.420 bits per heavy atom. The number of thiophene rings is 2. The van der Waals surface area contributed by atoms with Gasteiger partial charge in [0.05, 0.1) is 5.69 Å². The Morgan fingerprint density at radius 2 is 1.06 bits per heavy atom. The maximum atomic E-state index is 6.57. The molecule has 11 aromatic rings. The molecule has 0 aliphatic heterocycles. The summed E-state index contributed by atoms with van der Waals surface area (Å²) in [5.41, 5.74) is 7.85. The predicted octanol–water partition coefficient (Wildman–Crippen LogP) is 14.6. The van der Waals surface area contributed by atoms with Crippen LogP contribution in [-0.2, 0) is 0 Å². The topological polar surface area (TPSA) is 16.4 Å². The SMILES string of the molecule is c1ccc(N(c2ccccc2)c2cc3c4ccc(-c5cc6c7ccccc7oc6c6c5sc5ccccc56)cc4sc3c3ccccc23)cc1. The van der Waals surface area contributed by atoms with Gasteiger partial charge in [-0.3, -0.25) is 0 Å². The predicted molar refractivity (Wildman–Crippen MR) is 217 cm³/mol. The second-order valence-electron chi connectivity index (χ2n) is 12.8. The molecular formula is C46H27NOS2. The van der Waals surface area contributed by atoms with Crippen molar-refractivity contribution in [2.24, 2.45) is 0 Å². The minimum atomic E-state index is 0.930. The summed E-state index contributed by atoms with van der Waals surface area (Å²) in [6.07, 6.45) is 0. The van der Waals surface area contributed by atoms with E-state index in [9.17, 15) is 0 Å². The van der Waals surface area contributed by atoms with Gasteiger partial charge in [-0.05, 0) is 60.2 Å². The fourth-order valence-corrected chi connectivity index (χ4v) is 10.3. The summed E-state index contributed by atoms with van der Waals surface area (Å²) in [5.74, 6) is 0. The van der Waals surface area contributed by atoms with Crippen LogP contribution in [0, 0.1) is 0 Å². The first kappa shape index (κ1) is 28.0. The molecule has 4 heteroatoms. The van der Waals surface area contributed by atoms with Crippen LogP contribution in [0.15, 0.2) is 168 Å². The van der Waals surface area contributed by atoms with Gasteiger partial charge in [0.2, 0.25) is 0 Å². The molecule has 8 aromatic carbocycles. The number of benzene rings is 8. The molecule has 0 radical (unpaired) electrons. The van der Waals surface area contributed by atoms with Crippen molar-refractivity contribution in [3.05, 3.63) is 164 Å². The number of para-hydroxylation sites is 3. The van der Waals surface area contributed by atoms with Crippen molar-refractivity contribution >= 4 is 113 Å². The lowest BCUT2D eigenvalue weighted by Crippen LogP contribution is -2.10. The molecule has 0 spiro atoms. The van der Waals surface area contributed by atoms with E-state index in [0.717, 1.165) is 27.9 Å². The minimum Gasteiger partial charge on any atom is -0.455 e. The van der Waals surface area contributed by atoms with Crippen molar-refractivity contribution in [1.82, 2.24) is 0 Å². The second-order valence-corrected chi connectivity index (χ2v) is 14.9. The first-order valence-corrected chi connectivity index (χ1v) is 18.5. The lowest BCUT2D eigenvalue weighted by molar-refractivity contribution is 0.673. The average Bonchev–Trinajstić information content (AvgIpc) is 3.87. The van der Waals surface area contributed by atoms with Crippen molar-refractivity contribution in [2.45, 2.75) is 0 Å². The molecule has 0 saturated heterocycles. The molecule has 0 fully saturated rings. The third-order valence-corrected chi connectivity index (χ3v) is 12.4. The largest absolute Gasteiger partial charge is 0.455 e. The van der Waals surface area contributed by atoms with Gasteiger partial charge >= 0.3 is 0 Å². The van der Waals surface area contributed by atoms with Gasteiger partial charge in [-0.1, -0.05) is 109 Å². The van der Waals surface area contributed by atoms with Crippen molar-refractivity contribution in [3.63, 3.8) is 0 Å². The molecule has 3 heterocycles. The second kappa shape index (κ2) is 10.8. The molecule has 0 N–H and O–H groups in total. The summed E-state index contributed by atoms with van der Waals surface area (Å²) in [7, 11) is 0. The number of fused-ring (bicyclic) bond motifs is 12. The van der Waals surface area contributed by atoms with Crippen molar-refractivity contribution in [2.75, 3.05) is 4.90 Å². The van der Waals surface area contributed by atoms with E-state index >= 15 is 0 Å². The first-order valence-electron chi connectivity index (χ1n) is 16.8. The van der Waals surface area contributed by atoms with Gasteiger partial charge in [-0.2, -0.15) is 0 Å². The highest BCUT2D eigenvalue weighted by Crippen LogP contribution is 2.49.